The third kappa shape index (κ3) is 6.57. The fourth-order valence-corrected chi connectivity index (χ4v) is 5.54. The first-order valence-corrected chi connectivity index (χ1v) is 13.8. The number of carbonyl (C=O) groups is 2. The van der Waals surface area contributed by atoms with Crippen LogP contribution in [0.3, 0.4) is 0 Å². The van der Waals surface area contributed by atoms with Gasteiger partial charge in [-0.15, -0.1) is 0 Å². The van der Waals surface area contributed by atoms with E-state index in [0.717, 1.165) is 26.6 Å². The third-order valence-electron chi connectivity index (χ3n) is 6.42. The minimum atomic E-state index is -4.08. The normalized spacial score (nSPS) is 12.0. The van der Waals surface area contributed by atoms with Crippen LogP contribution in [0.5, 0.6) is 0 Å². The molecule has 0 aliphatic rings. The number of likely N-dealkylation sites (N-methyl/N-ethyl adjacent to an activating group) is 1. The Morgan fingerprint density at radius 2 is 1.46 bits per heavy atom. The van der Waals surface area contributed by atoms with Gasteiger partial charge >= 0.3 is 0 Å². The second kappa shape index (κ2) is 12.1. The molecule has 3 rings (SSSR count). The molecule has 0 spiro atoms. The van der Waals surface area contributed by atoms with Crippen LogP contribution in [0, 0.1) is 13.8 Å². The van der Waals surface area contributed by atoms with Crippen LogP contribution in [0.4, 0.5) is 5.69 Å². The molecule has 0 aromatic heterocycles. The molecular formula is C29H35N3O4S. The van der Waals surface area contributed by atoms with Crippen molar-refractivity contribution in [3.63, 3.8) is 0 Å². The summed E-state index contributed by atoms with van der Waals surface area (Å²) >= 11 is 0. The zero-order valence-corrected chi connectivity index (χ0v) is 22.9. The van der Waals surface area contributed by atoms with E-state index >= 15 is 0 Å². The summed E-state index contributed by atoms with van der Waals surface area (Å²) in [6, 6.07) is 20.6. The lowest BCUT2D eigenvalue weighted by Gasteiger charge is -2.32. The highest BCUT2D eigenvalue weighted by atomic mass is 32.2. The molecule has 196 valence electrons. The van der Waals surface area contributed by atoms with E-state index in [1.54, 1.807) is 43.3 Å². The number of rotatable bonds is 10. The van der Waals surface area contributed by atoms with E-state index in [0.29, 0.717) is 12.1 Å². The van der Waals surface area contributed by atoms with Crippen molar-refractivity contribution in [2.45, 2.75) is 51.6 Å². The molecule has 0 aliphatic heterocycles. The Labute approximate surface area is 220 Å². The van der Waals surface area contributed by atoms with E-state index in [1.165, 1.54) is 11.9 Å². The zero-order chi connectivity index (χ0) is 27.2. The fourth-order valence-electron chi connectivity index (χ4n) is 4.09. The van der Waals surface area contributed by atoms with E-state index in [4.69, 9.17) is 0 Å². The smallest absolute Gasteiger partial charge is 0.264 e. The first kappa shape index (κ1) is 27.9. The predicted octanol–water partition coefficient (Wildman–Crippen LogP) is 4.22. The van der Waals surface area contributed by atoms with Crippen LogP contribution < -0.4 is 9.62 Å². The van der Waals surface area contributed by atoms with Crippen LogP contribution in [0.25, 0.3) is 0 Å². The van der Waals surface area contributed by atoms with Gasteiger partial charge in [0.2, 0.25) is 11.8 Å². The second-order valence-corrected chi connectivity index (χ2v) is 11.0. The molecule has 0 bridgehead atoms. The number of sulfonamides is 1. The van der Waals surface area contributed by atoms with Crippen LogP contribution in [0.1, 0.15) is 36.1 Å². The van der Waals surface area contributed by atoms with Crippen LogP contribution >= 0.6 is 0 Å². The van der Waals surface area contributed by atoms with Crippen LogP contribution in [-0.2, 0) is 32.6 Å². The van der Waals surface area contributed by atoms with Crippen molar-refractivity contribution >= 4 is 27.5 Å². The first-order chi connectivity index (χ1) is 17.6. The van der Waals surface area contributed by atoms with E-state index in [1.807, 2.05) is 57.2 Å². The van der Waals surface area contributed by atoms with Gasteiger partial charge in [0.05, 0.1) is 10.6 Å². The molecule has 0 unspecified atom stereocenters. The van der Waals surface area contributed by atoms with Crippen LogP contribution in [0.15, 0.2) is 77.7 Å². The van der Waals surface area contributed by atoms with Crippen LogP contribution in [0.2, 0.25) is 0 Å². The number of hydrogen-bond acceptors (Lipinski definition) is 4. The topological polar surface area (TPSA) is 86.8 Å². The number of benzene rings is 3. The highest BCUT2D eigenvalue weighted by Gasteiger charge is 2.33. The third-order valence-corrected chi connectivity index (χ3v) is 8.19. The maximum Gasteiger partial charge on any atom is 0.264 e. The molecule has 3 aromatic carbocycles. The van der Waals surface area contributed by atoms with Crippen molar-refractivity contribution in [1.29, 1.82) is 0 Å². The van der Waals surface area contributed by atoms with Gasteiger partial charge in [-0.3, -0.25) is 13.9 Å². The molecule has 0 saturated heterocycles. The quantitative estimate of drug-likeness (QED) is 0.433. The van der Waals surface area contributed by atoms with Crippen molar-refractivity contribution in [1.82, 2.24) is 10.2 Å². The molecule has 0 saturated carbocycles. The zero-order valence-electron chi connectivity index (χ0n) is 22.1. The van der Waals surface area contributed by atoms with E-state index in [-0.39, 0.29) is 17.3 Å². The number of amides is 2. The average Bonchev–Trinajstić information content (AvgIpc) is 2.90. The minimum absolute atomic E-state index is 0.0984. The number of carbonyl (C=O) groups excluding carboxylic acids is 2. The molecule has 0 fully saturated rings. The van der Waals surface area contributed by atoms with Crippen LogP contribution in [-0.4, -0.2) is 44.8 Å². The van der Waals surface area contributed by atoms with Gasteiger partial charge in [-0.05, 0) is 56.5 Å². The monoisotopic (exact) mass is 521 g/mol. The number of nitrogens with zero attached hydrogens (tertiary/aromatic N) is 2. The van der Waals surface area contributed by atoms with Gasteiger partial charge < -0.3 is 10.2 Å². The summed E-state index contributed by atoms with van der Waals surface area (Å²) in [5.41, 5.74) is 4.10. The SMILES string of the molecule is CCc1ccccc1N(CC(=O)N(Cc1ccc(C)cc1)[C@@H](C)C(=O)NC)S(=O)(=O)c1ccc(C)cc1. The molecule has 1 atom stereocenters. The van der Waals surface area contributed by atoms with Gasteiger partial charge in [0.25, 0.3) is 10.0 Å². The van der Waals surface area contributed by atoms with Crippen molar-refractivity contribution in [3.8, 4) is 0 Å². The Bertz CT molecular complexity index is 1340. The van der Waals surface area contributed by atoms with Gasteiger partial charge in [-0.2, -0.15) is 0 Å². The van der Waals surface area contributed by atoms with Gasteiger partial charge in [0.15, 0.2) is 0 Å². The molecule has 7 nitrogen and oxygen atoms in total. The summed E-state index contributed by atoms with van der Waals surface area (Å²) in [5.74, 6) is -0.805. The Morgan fingerprint density at radius 3 is 2.03 bits per heavy atom. The largest absolute Gasteiger partial charge is 0.357 e. The Balaban J connectivity index is 2.06. The molecular weight excluding hydrogens is 486 g/mol. The van der Waals surface area contributed by atoms with Gasteiger partial charge in [-0.25, -0.2) is 8.42 Å². The number of anilines is 1. The number of aryl methyl sites for hydroxylation is 3. The predicted molar refractivity (Wildman–Crippen MR) is 147 cm³/mol. The van der Waals surface area contributed by atoms with Gasteiger partial charge in [-0.1, -0.05) is 72.6 Å². The van der Waals surface area contributed by atoms with Gasteiger partial charge in [0, 0.05) is 13.6 Å². The van der Waals surface area contributed by atoms with E-state index < -0.39 is 28.5 Å². The lowest BCUT2D eigenvalue weighted by Crippen LogP contribution is -2.50. The second-order valence-electron chi connectivity index (χ2n) is 9.10. The Morgan fingerprint density at radius 1 is 0.892 bits per heavy atom. The Kier molecular flexibility index (Phi) is 9.10. The number of hydrogen-bond donors (Lipinski definition) is 1. The first-order valence-electron chi connectivity index (χ1n) is 12.3. The minimum Gasteiger partial charge on any atom is -0.357 e. The maximum atomic E-state index is 13.9. The summed E-state index contributed by atoms with van der Waals surface area (Å²) in [5, 5.41) is 2.59. The lowest BCUT2D eigenvalue weighted by molar-refractivity contribution is -0.139. The summed E-state index contributed by atoms with van der Waals surface area (Å²) in [4.78, 5) is 27.9. The standard InChI is InChI=1S/C29H35N3O4S/c1-6-25-9-7-8-10-27(25)32(37(35,36)26-17-13-22(3)14-18-26)20-28(33)31(23(4)29(34)30-5)19-24-15-11-21(2)12-16-24/h7-18,23H,6,19-20H2,1-5H3,(H,30,34)/t23-/m0/s1. The highest BCUT2D eigenvalue weighted by molar-refractivity contribution is 7.92. The fraction of sp³-hybridized carbons (Fsp3) is 0.310. The molecule has 8 heteroatoms. The summed E-state index contributed by atoms with van der Waals surface area (Å²) in [6.07, 6.45) is 0.589. The summed E-state index contributed by atoms with van der Waals surface area (Å²) < 4.78 is 29.0. The van der Waals surface area contributed by atoms with Crippen molar-refractivity contribution < 1.29 is 18.0 Å². The molecule has 0 aliphatic carbocycles. The number of nitrogens with one attached hydrogen (secondary N) is 1. The van der Waals surface area contributed by atoms with Crippen molar-refractivity contribution in [2.75, 3.05) is 17.9 Å². The summed E-state index contributed by atoms with van der Waals surface area (Å²) in [6.45, 7) is 7.16. The maximum absolute atomic E-state index is 13.9. The average molecular weight is 522 g/mol. The molecule has 37 heavy (non-hydrogen) atoms. The van der Waals surface area contributed by atoms with E-state index in [9.17, 15) is 18.0 Å². The molecule has 1 N–H and O–H groups in total. The number of para-hydroxylation sites is 1. The highest BCUT2D eigenvalue weighted by Crippen LogP contribution is 2.28. The van der Waals surface area contributed by atoms with Gasteiger partial charge in [0.1, 0.15) is 12.6 Å². The lowest BCUT2D eigenvalue weighted by atomic mass is 10.1. The molecule has 3 aromatic rings. The van der Waals surface area contributed by atoms with Crippen molar-refractivity contribution in [3.05, 3.63) is 95.1 Å². The molecule has 0 heterocycles. The molecule has 0 radical (unpaired) electrons. The Hall–Kier alpha value is -3.65. The van der Waals surface area contributed by atoms with E-state index in [2.05, 4.69) is 5.32 Å². The summed E-state index contributed by atoms with van der Waals surface area (Å²) in [7, 11) is -2.56. The van der Waals surface area contributed by atoms with Crippen molar-refractivity contribution in [2.24, 2.45) is 0 Å². The molecule has 2 amide bonds.